The summed E-state index contributed by atoms with van der Waals surface area (Å²) in [5.74, 6) is -0.198. The van der Waals surface area contributed by atoms with Gasteiger partial charge in [0.1, 0.15) is 5.82 Å². The van der Waals surface area contributed by atoms with E-state index in [0.29, 0.717) is 29.3 Å². The van der Waals surface area contributed by atoms with Gasteiger partial charge in [-0.2, -0.15) is 10.2 Å². The lowest BCUT2D eigenvalue weighted by Gasteiger charge is -2.05. The van der Waals surface area contributed by atoms with Crippen molar-refractivity contribution in [2.45, 2.75) is 13.5 Å². The molecule has 0 aliphatic heterocycles. The molecule has 0 saturated heterocycles. The summed E-state index contributed by atoms with van der Waals surface area (Å²) in [7, 11) is 0. The molecule has 0 saturated carbocycles. The van der Waals surface area contributed by atoms with Crippen LogP contribution in [-0.2, 0) is 6.54 Å². The van der Waals surface area contributed by atoms with Gasteiger partial charge < -0.3 is 5.32 Å². The van der Waals surface area contributed by atoms with Gasteiger partial charge in [-0.25, -0.2) is 9.07 Å². The Bertz CT molecular complexity index is 1100. The predicted molar refractivity (Wildman–Crippen MR) is 102 cm³/mol. The normalized spacial score (nSPS) is 10.8. The van der Waals surface area contributed by atoms with E-state index in [1.54, 1.807) is 46.9 Å². The highest BCUT2D eigenvalue weighted by atomic mass is 19.1. The fourth-order valence-corrected chi connectivity index (χ4v) is 2.83. The summed E-state index contributed by atoms with van der Waals surface area (Å²) in [6.45, 7) is 2.29. The minimum absolute atomic E-state index is 0.311. The molecule has 0 spiro atoms. The lowest BCUT2D eigenvalue weighted by Crippen LogP contribution is -2.14. The number of halogens is 1. The number of benzene rings is 1. The maximum atomic E-state index is 13.1. The summed E-state index contributed by atoms with van der Waals surface area (Å²) in [5, 5.41) is 11.4. The lowest BCUT2D eigenvalue weighted by atomic mass is 10.2. The molecule has 3 aromatic heterocycles. The first kappa shape index (κ1) is 17.6. The van der Waals surface area contributed by atoms with Crippen LogP contribution in [0.25, 0.3) is 5.69 Å². The number of carbonyl (C=O) groups is 1. The molecule has 0 radical (unpaired) electrons. The number of anilines is 1. The Morgan fingerprint density at radius 1 is 1.14 bits per heavy atom. The highest BCUT2D eigenvalue weighted by Gasteiger charge is 2.16. The number of hydrogen-bond acceptors (Lipinski definition) is 4. The second-order valence-corrected chi connectivity index (χ2v) is 6.21. The van der Waals surface area contributed by atoms with Crippen LogP contribution in [0.4, 0.5) is 10.2 Å². The van der Waals surface area contributed by atoms with E-state index in [1.165, 1.54) is 18.3 Å². The van der Waals surface area contributed by atoms with Crippen LogP contribution < -0.4 is 5.32 Å². The first-order valence-corrected chi connectivity index (χ1v) is 8.65. The fraction of sp³-hybridized carbons (Fsp3) is 0.100. The second kappa shape index (κ2) is 7.43. The molecular formula is C20H17FN6O. The topological polar surface area (TPSA) is 77.6 Å². The van der Waals surface area contributed by atoms with Gasteiger partial charge in [-0.1, -0.05) is 6.07 Å². The molecule has 4 aromatic rings. The highest BCUT2D eigenvalue weighted by Crippen LogP contribution is 2.16. The number of nitrogens with zero attached hydrogens (tertiary/aromatic N) is 5. The second-order valence-electron chi connectivity index (χ2n) is 6.21. The highest BCUT2D eigenvalue weighted by molar-refractivity contribution is 6.04. The number of rotatable bonds is 5. The Labute approximate surface area is 160 Å². The fourth-order valence-electron chi connectivity index (χ4n) is 2.83. The molecule has 0 atom stereocenters. The van der Waals surface area contributed by atoms with Gasteiger partial charge in [0.15, 0.2) is 5.82 Å². The monoisotopic (exact) mass is 376 g/mol. The summed E-state index contributed by atoms with van der Waals surface area (Å²) in [5.41, 5.74) is 2.62. The quantitative estimate of drug-likeness (QED) is 0.580. The van der Waals surface area contributed by atoms with Gasteiger partial charge in [0, 0.05) is 18.5 Å². The van der Waals surface area contributed by atoms with Crippen molar-refractivity contribution in [2.24, 2.45) is 0 Å². The molecule has 1 N–H and O–H groups in total. The Morgan fingerprint density at radius 3 is 2.71 bits per heavy atom. The van der Waals surface area contributed by atoms with Crippen LogP contribution in [0.5, 0.6) is 0 Å². The molecule has 3 heterocycles. The number of hydrogen-bond donors (Lipinski definition) is 1. The van der Waals surface area contributed by atoms with Crippen molar-refractivity contribution in [2.75, 3.05) is 5.32 Å². The maximum absolute atomic E-state index is 13.1. The lowest BCUT2D eigenvalue weighted by molar-refractivity contribution is 0.102. The van der Waals surface area contributed by atoms with Gasteiger partial charge in [0.05, 0.1) is 35.4 Å². The summed E-state index contributed by atoms with van der Waals surface area (Å²) < 4.78 is 16.4. The Hall–Kier alpha value is -3.81. The predicted octanol–water partition coefficient (Wildman–Crippen LogP) is 3.21. The standard InChI is InChI=1S/C20H17FN6O/c1-14-18(12-23-27(14)17-7-5-15(21)6-8-17)20(28)24-19-9-11-26(25-19)13-16-4-2-3-10-22-16/h2-12H,13H2,1H3,(H,24,25,28). The van der Waals surface area contributed by atoms with Gasteiger partial charge in [0.2, 0.25) is 0 Å². The minimum atomic E-state index is -0.326. The first-order valence-electron chi connectivity index (χ1n) is 8.65. The van der Waals surface area contributed by atoms with Crippen LogP contribution in [0, 0.1) is 12.7 Å². The molecule has 28 heavy (non-hydrogen) atoms. The minimum Gasteiger partial charge on any atom is -0.305 e. The van der Waals surface area contributed by atoms with Crippen molar-refractivity contribution in [1.82, 2.24) is 24.5 Å². The Balaban J connectivity index is 1.48. The van der Waals surface area contributed by atoms with Gasteiger partial charge in [-0.05, 0) is 43.3 Å². The Morgan fingerprint density at radius 2 is 1.96 bits per heavy atom. The third-order valence-electron chi connectivity index (χ3n) is 4.26. The van der Waals surface area contributed by atoms with E-state index in [1.807, 2.05) is 18.2 Å². The van der Waals surface area contributed by atoms with Crippen LogP contribution in [0.15, 0.2) is 67.1 Å². The van der Waals surface area contributed by atoms with Crippen molar-refractivity contribution in [1.29, 1.82) is 0 Å². The van der Waals surface area contributed by atoms with Crippen molar-refractivity contribution in [3.8, 4) is 5.69 Å². The van der Waals surface area contributed by atoms with Crippen LogP contribution in [0.3, 0.4) is 0 Å². The number of aromatic nitrogens is 5. The molecule has 8 heteroatoms. The largest absolute Gasteiger partial charge is 0.305 e. The van der Waals surface area contributed by atoms with Gasteiger partial charge >= 0.3 is 0 Å². The van der Waals surface area contributed by atoms with Gasteiger partial charge in [-0.15, -0.1) is 0 Å². The average molecular weight is 376 g/mol. The van der Waals surface area contributed by atoms with Crippen molar-refractivity contribution < 1.29 is 9.18 Å². The average Bonchev–Trinajstić information content (AvgIpc) is 3.29. The summed E-state index contributed by atoms with van der Waals surface area (Å²) in [6, 6.07) is 13.3. The summed E-state index contributed by atoms with van der Waals surface area (Å²) in [6.07, 6.45) is 4.99. The van der Waals surface area contributed by atoms with E-state index in [2.05, 4.69) is 20.5 Å². The Kier molecular flexibility index (Phi) is 4.67. The zero-order valence-electron chi connectivity index (χ0n) is 15.1. The molecule has 140 valence electrons. The zero-order valence-corrected chi connectivity index (χ0v) is 15.1. The SMILES string of the molecule is Cc1c(C(=O)Nc2ccn(Cc3ccccn3)n2)cnn1-c1ccc(F)cc1. The summed E-state index contributed by atoms with van der Waals surface area (Å²) in [4.78, 5) is 16.9. The van der Waals surface area contributed by atoms with Crippen LogP contribution in [0.1, 0.15) is 21.7 Å². The van der Waals surface area contributed by atoms with Crippen LogP contribution >= 0.6 is 0 Å². The van der Waals surface area contributed by atoms with Crippen LogP contribution in [0.2, 0.25) is 0 Å². The van der Waals surface area contributed by atoms with Gasteiger partial charge in [0.25, 0.3) is 5.91 Å². The maximum Gasteiger partial charge on any atom is 0.260 e. The van der Waals surface area contributed by atoms with Crippen molar-refractivity contribution in [3.05, 3.63) is 89.9 Å². The van der Waals surface area contributed by atoms with Crippen molar-refractivity contribution in [3.63, 3.8) is 0 Å². The molecule has 0 aliphatic carbocycles. The third kappa shape index (κ3) is 3.66. The molecule has 0 aliphatic rings. The molecule has 1 aromatic carbocycles. The van der Waals surface area contributed by atoms with E-state index < -0.39 is 0 Å². The zero-order chi connectivity index (χ0) is 19.5. The summed E-state index contributed by atoms with van der Waals surface area (Å²) >= 11 is 0. The number of amides is 1. The molecule has 1 amide bonds. The number of carbonyl (C=O) groups excluding carboxylic acids is 1. The molecule has 0 bridgehead atoms. The van der Waals surface area contributed by atoms with E-state index in [9.17, 15) is 9.18 Å². The number of pyridine rings is 1. The molecule has 0 fully saturated rings. The first-order chi connectivity index (χ1) is 13.6. The molecule has 0 unspecified atom stereocenters. The molecule has 4 rings (SSSR count). The van der Waals surface area contributed by atoms with E-state index >= 15 is 0 Å². The van der Waals surface area contributed by atoms with E-state index in [0.717, 1.165) is 5.69 Å². The number of nitrogens with one attached hydrogen (secondary N) is 1. The third-order valence-corrected chi connectivity index (χ3v) is 4.26. The molecule has 7 nitrogen and oxygen atoms in total. The van der Waals surface area contributed by atoms with E-state index in [-0.39, 0.29) is 11.7 Å². The van der Waals surface area contributed by atoms with Crippen LogP contribution in [-0.4, -0.2) is 30.5 Å². The molecular weight excluding hydrogens is 359 g/mol. The van der Waals surface area contributed by atoms with Gasteiger partial charge in [-0.3, -0.25) is 14.5 Å². The smallest absolute Gasteiger partial charge is 0.260 e. The van der Waals surface area contributed by atoms with Crippen molar-refractivity contribution >= 4 is 11.7 Å². The van der Waals surface area contributed by atoms with E-state index in [4.69, 9.17) is 0 Å².